The summed E-state index contributed by atoms with van der Waals surface area (Å²) in [5.41, 5.74) is 5.57. The molecular weight excluding hydrogens is 364 g/mol. The molecule has 0 amide bonds. The van der Waals surface area contributed by atoms with Gasteiger partial charge in [-0.3, -0.25) is 4.57 Å². The van der Waals surface area contributed by atoms with Crippen molar-refractivity contribution in [3.05, 3.63) is 76.2 Å². The zero-order chi connectivity index (χ0) is 19.1. The van der Waals surface area contributed by atoms with Crippen molar-refractivity contribution in [2.75, 3.05) is 5.75 Å². The summed E-state index contributed by atoms with van der Waals surface area (Å²) in [7, 11) is 0. The molecule has 4 heteroatoms. The predicted molar refractivity (Wildman–Crippen MR) is 116 cm³/mol. The first kappa shape index (κ1) is 17.7. The van der Waals surface area contributed by atoms with Crippen LogP contribution >= 0.6 is 11.8 Å². The molecule has 1 heterocycles. The van der Waals surface area contributed by atoms with E-state index in [4.69, 9.17) is 0 Å². The van der Waals surface area contributed by atoms with Gasteiger partial charge in [-0.1, -0.05) is 62.2 Å². The molecule has 2 aliphatic carbocycles. The Morgan fingerprint density at radius 3 is 2.50 bits per heavy atom. The summed E-state index contributed by atoms with van der Waals surface area (Å²) in [5, 5.41) is 1.10. The van der Waals surface area contributed by atoms with Crippen molar-refractivity contribution < 1.29 is 0 Å². The monoisotopic (exact) mass is 388 g/mol. The molecule has 0 N–H and O–H groups in total. The van der Waals surface area contributed by atoms with Gasteiger partial charge in [-0.25, -0.2) is 4.79 Å². The first-order valence-electron chi connectivity index (χ1n) is 10.2. The van der Waals surface area contributed by atoms with E-state index in [2.05, 4.69) is 36.2 Å². The maximum atomic E-state index is 13.2. The minimum atomic E-state index is -0.175. The van der Waals surface area contributed by atoms with Gasteiger partial charge in [0.1, 0.15) is 0 Å². The number of rotatable bonds is 3. The van der Waals surface area contributed by atoms with Crippen LogP contribution < -0.4 is 5.69 Å². The number of nitrogens with zero attached hydrogens (tertiary/aromatic N) is 2. The van der Waals surface area contributed by atoms with Crippen LogP contribution in [0.3, 0.4) is 0 Å². The smallest absolute Gasteiger partial charge is 0.255 e. The summed E-state index contributed by atoms with van der Waals surface area (Å²) in [6, 6.07) is 18.5. The van der Waals surface area contributed by atoms with E-state index in [1.165, 1.54) is 36.8 Å². The second-order valence-electron chi connectivity index (χ2n) is 7.85. The molecule has 3 nitrogen and oxygen atoms in total. The van der Waals surface area contributed by atoms with Gasteiger partial charge in [0.05, 0.1) is 16.4 Å². The molecule has 5 rings (SSSR count). The fraction of sp³-hybridized carbons (Fsp3) is 0.333. The summed E-state index contributed by atoms with van der Waals surface area (Å²) in [6.45, 7) is 2.16. The number of para-hydroxylation sites is 1. The number of hydrogen-bond acceptors (Lipinski definition) is 3. The number of thioether (sulfide) groups is 1. The van der Waals surface area contributed by atoms with Gasteiger partial charge in [0.25, 0.3) is 0 Å². The molecule has 3 aromatic rings. The van der Waals surface area contributed by atoms with E-state index in [9.17, 15) is 4.79 Å². The van der Waals surface area contributed by atoms with Gasteiger partial charge in [0.15, 0.2) is 0 Å². The molecule has 1 aromatic heterocycles. The zero-order valence-electron chi connectivity index (χ0n) is 16.1. The normalized spacial score (nSPS) is 16.8. The lowest BCUT2D eigenvalue weighted by molar-refractivity contribution is 0.416. The lowest BCUT2D eigenvalue weighted by atomic mass is 9.68. The standard InChI is InChI=1S/C24H24N2OS/c1-2-28-22-20-21(25-23(27)26(22)18-11-4-3-5-12-18)19-13-7-6-10-17(19)16-24(20)14-8-9-15-24/h3-7,10-13H,2,8-9,14-16H2,1H3. The van der Waals surface area contributed by atoms with Crippen molar-refractivity contribution in [2.45, 2.75) is 49.5 Å². The molecule has 142 valence electrons. The summed E-state index contributed by atoms with van der Waals surface area (Å²) in [4.78, 5) is 17.9. The molecule has 2 aromatic carbocycles. The third-order valence-electron chi connectivity index (χ3n) is 6.24. The van der Waals surface area contributed by atoms with E-state index in [0.717, 1.165) is 34.1 Å². The van der Waals surface area contributed by atoms with Crippen LogP contribution in [0.4, 0.5) is 0 Å². The SMILES string of the molecule is CCSc1c2c(nc(=O)n1-c1ccccc1)-c1ccccc1CC21CCCC1. The summed E-state index contributed by atoms with van der Waals surface area (Å²) in [5.74, 6) is 0.931. The number of fused-ring (bicyclic) bond motifs is 4. The molecule has 1 fully saturated rings. The maximum Gasteiger partial charge on any atom is 0.353 e. The van der Waals surface area contributed by atoms with Crippen molar-refractivity contribution in [3.63, 3.8) is 0 Å². The Hall–Kier alpha value is -2.33. The molecule has 0 unspecified atom stereocenters. The second kappa shape index (κ2) is 6.93. The molecule has 28 heavy (non-hydrogen) atoms. The molecule has 2 aliphatic rings. The van der Waals surface area contributed by atoms with Crippen LogP contribution in [0.2, 0.25) is 0 Å². The Morgan fingerprint density at radius 2 is 1.75 bits per heavy atom. The Kier molecular flexibility index (Phi) is 4.39. The average molecular weight is 389 g/mol. The Bertz CT molecular complexity index is 1080. The fourth-order valence-electron chi connectivity index (χ4n) is 5.09. The first-order chi connectivity index (χ1) is 13.7. The van der Waals surface area contributed by atoms with Crippen LogP contribution in [0.25, 0.3) is 16.9 Å². The van der Waals surface area contributed by atoms with Crippen molar-refractivity contribution >= 4 is 11.8 Å². The van der Waals surface area contributed by atoms with Gasteiger partial charge in [0.2, 0.25) is 0 Å². The molecule has 0 bridgehead atoms. The summed E-state index contributed by atoms with van der Waals surface area (Å²) < 4.78 is 1.85. The van der Waals surface area contributed by atoms with E-state index >= 15 is 0 Å². The van der Waals surface area contributed by atoms with Gasteiger partial charge in [-0.2, -0.15) is 4.98 Å². The topological polar surface area (TPSA) is 34.9 Å². The third-order valence-corrected chi connectivity index (χ3v) is 7.19. The average Bonchev–Trinajstić information content (AvgIpc) is 3.17. The fourth-order valence-corrected chi connectivity index (χ4v) is 6.13. The molecule has 1 saturated carbocycles. The maximum absolute atomic E-state index is 13.2. The van der Waals surface area contributed by atoms with E-state index in [-0.39, 0.29) is 11.1 Å². The number of aromatic nitrogens is 2. The van der Waals surface area contributed by atoms with Crippen LogP contribution in [0.1, 0.15) is 43.7 Å². The summed E-state index contributed by atoms with van der Waals surface area (Å²) in [6.07, 6.45) is 5.92. The van der Waals surface area contributed by atoms with Gasteiger partial charge in [-0.05, 0) is 42.7 Å². The molecule has 0 radical (unpaired) electrons. The Morgan fingerprint density at radius 1 is 1.04 bits per heavy atom. The lowest BCUT2D eigenvalue weighted by Gasteiger charge is -2.38. The largest absolute Gasteiger partial charge is 0.353 e. The van der Waals surface area contributed by atoms with Crippen LogP contribution in [0.5, 0.6) is 0 Å². The van der Waals surface area contributed by atoms with Crippen LogP contribution in [0.15, 0.2) is 64.4 Å². The quantitative estimate of drug-likeness (QED) is 0.446. The van der Waals surface area contributed by atoms with E-state index in [1.807, 2.05) is 34.9 Å². The Balaban J connectivity index is 1.88. The van der Waals surface area contributed by atoms with Crippen molar-refractivity contribution in [3.8, 4) is 16.9 Å². The van der Waals surface area contributed by atoms with Crippen LogP contribution in [-0.2, 0) is 11.8 Å². The zero-order valence-corrected chi connectivity index (χ0v) is 17.0. The molecular formula is C24H24N2OS. The van der Waals surface area contributed by atoms with E-state index in [0.29, 0.717) is 0 Å². The molecule has 0 saturated heterocycles. The minimum absolute atomic E-state index is 0.110. The molecule has 1 spiro atoms. The van der Waals surface area contributed by atoms with Crippen molar-refractivity contribution in [1.82, 2.24) is 9.55 Å². The van der Waals surface area contributed by atoms with Crippen molar-refractivity contribution in [1.29, 1.82) is 0 Å². The van der Waals surface area contributed by atoms with Gasteiger partial charge in [-0.15, -0.1) is 11.8 Å². The highest BCUT2D eigenvalue weighted by molar-refractivity contribution is 7.99. The highest BCUT2D eigenvalue weighted by Gasteiger charge is 2.44. The molecule has 0 aliphatic heterocycles. The molecule has 0 atom stereocenters. The van der Waals surface area contributed by atoms with E-state index in [1.54, 1.807) is 11.8 Å². The van der Waals surface area contributed by atoms with Gasteiger partial charge < -0.3 is 0 Å². The highest BCUT2D eigenvalue weighted by Crippen LogP contribution is 2.53. The second-order valence-corrected chi connectivity index (χ2v) is 9.10. The minimum Gasteiger partial charge on any atom is -0.255 e. The Labute approximate surface area is 169 Å². The van der Waals surface area contributed by atoms with Gasteiger partial charge >= 0.3 is 5.69 Å². The third kappa shape index (κ3) is 2.66. The first-order valence-corrected chi connectivity index (χ1v) is 11.2. The highest BCUT2D eigenvalue weighted by atomic mass is 32.2. The van der Waals surface area contributed by atoms with E-state index < -0.39 is 0 Å². The summed E-state index contributed by atoms with van der Waals surface area (Å²) >= 11 is 1.78. The van der Waals surface area contributed by atoms with Crippen molar-refractivity contribution in [2.24, 2.45) is 0 Å². The van der Waals surface area contributed by atoms with Crippen LogP contribution in [-0.4, -0.2) is 15.3 Å². The number of hydrogen-bond donors (Lipinski definition) is 0. The predicted octanol–water partition coefficient (Wildman–Crippen LogP) is 5.38. The van der Waals surface area contributed by atoms with Gasteiger partial charge in [0, 0.05) is 16.5 Å². The van der Waals surface area contributed by atoms with Crippen LogP contribution in [0, 0.1) is 0 Å². The lowest BCUT2D eigenvalue weighted by Crippen LogP contribution is -2.36. The number of benzene rings is 2.